The molecule has 120 valence electrons. The number of sulfone groups is 1. The van der Waals surface area contributed by atoms with Crippen LogP contribution in [0.25, 0.3) is 0 Å². The molecule has 0 fully saturated rings. The standard InChI is InChI=1S/C14H18FN3O2S2/c1-2-4-13-16-14(18-17-13)21-9-3-10-22(19,20)12-7-5-11(15)6-8-12/h5-8H,2-4,9-10H2,1H3,(H,16,17,18). The quantitative estimate of drug-likeness (QED) is 0.453. The second kappa shape index (κ2) is 7.73. The minimum Gasteiger partial charge on any atom is -0.262 e. The first-order valence-electron chi connectivity index (χ1n) is 7.03. The van der Waals surface area contributed by atoms with E-state index in [2.05, 4.69) is 22.1 Å². The lowest BCUT2D eigenvalue weighted by Gasteiger charge is -2.03. The molecule has 0 spiro atoms. The highest BCUT2D eigenvalue weighted by atomic mass is 32.2. The number of halogens is 1. The Morgan fingerprint density at radius 1 is 1.27 bits per heavy atom. The first-order chi connectivity index (χ1) is 10.5. The molecule has 0 aliphatic rings. The Bertz CT molecular complexity index is 699. The number of aryl methyl sites for hydroxylation is 1. The number of hydrogen-bond donors (Lipinski definition) is 1. The molecule has 0 aliphatic carbocycles. The molecule has 1 N–H and O–H groups in total. The number of thioether (sulfide) groups is 1. The third kappa shape index (κ3) is 4.81. The second-order valence-electron chi connectivity index (χ2n) is 4.79. The number of nitrogens with zero attached hydrogens (tertiary/aromatic N) is 2. The Morgan fingerprint density at radius 3 is 2.68 bits per heavy atom. The van der Waals surface area contributed by atoms with Gasteiger partial charge in [0.2, 0.25) is 5.16 Å². The number of aromatic amines is 1. The summed E-state index contributed by atoms with van der Waals surface area (Å²) in [5, 5.41) is 7.57. The fourth-order valence-corrected chi connectivity index (χ4v) is 4.11. The molecule has 0 bridgehead atoms. The lowest BCUT2D eigenvalue weighted by atomic mass is 10.3. The van der Waals surface area contributed by atoms with Gasteiger partial charge in [-0.25, -0.2) is 17.8 Å². The van der Waals surface area contributed by atoms with Crippen LogP contribution in [0.1, 0.15) is 25.6 Å². The van der Waals surface area contributed by atoms with Crippen molar-refractivity contribution in [3.63, 3.8) is 0 Å². The molecule has 0 radical (unpaired) electrons. The van der Waals surface area contributed by atoms with Crippen LogP contribution < -0.4 is 0 Å². The van der Waals surface area contributed by atoms with E-state index in [4.69, 9.17) is 0 Å². The zero-order chi connectivity index (χ0) is 16.0. The predicted octanol–water partition coefficient (Wildman–Crippen LogP) is 2.85. The highest BCUT2D eigenvalue weighted by molar-refractivity contribution is 7.99. The topological polar surface area (TPSA) is 75.7 Å². The van der Waals surface area contributed by atoms with Crippen LogP contribution in [0.3, 0.4) is 0 Å². The molecule has 8 heteroatoms. The SMILES string of the molecule is CCCc1nc(SCCCS(=O)(=O)c2ccc(F)cc2)n[nH]1. The Morgan fingerprint density at radius 2 is 2.00 bits per heavy atom. The Hall–Kier alpha value is -1.41. The Labute approximate surface area is 133 Å². The van der Waals surface area contributed by atoms with Crippen LogP contribution in [0.2, 0.25) is 0 Å². The van der Waals surface area contributed by atoms with Crippen molar-refractivity contribution >= 4 is 21.6 Å². The van der Waals surface area contributed by atoms with Gasteiger partial charge in [0.05, 0.1) is 10.6 Å². The van der Waals surface area contributed by atoms with Gasteiger partial charge < -0.3 is 0 Å². The predicted molar refractivity (Wildman–Crippen MR) is 84.2 cm³/mol. The van der Waals surface area contributed by atoms with Crippen molar-refractivity contribution in [1.82, 2.24) is 15.2 Å². The van der Waals surface area contributed by atoms with Gasteiger partial charge >= 0.3 is 0 Å². The summed E-state index contributed by atoms with van der Waals surface area (Å²) >= 11 is 1.43. The third-order valence-corrected chi connectivity index (χ3v) is 5.71. The summed E-state index contributed by atoms with van der Waals surface area (Å²) in [5.41, 5.74) is 0. The number of H-pyrrole nitrogens is 1. The molecule has 1 heterocycles. The van der Waals surface area contributed by atoms with Gasteiger partial charge in [-0.1, -0.05) is 18.7 Å². The molecule has 1 aromatic carbocycles. The highest BCUT2D eigenvalue weighted by Crippen LogP contribution is 2.17. The maximum absolute atomic E-state index is 12.8. The smallest absolute Gasteiger partial charge is 0.208 e. The summed E-state index contributed by atoms with van der Waals surface area (Å²) in [4.78, 5) is 4.46. The van der Waals surface area contributed by atoms with Crippen LogP contribution in [-0.2, 0) is 16.3 Å². The highest BCUT2D eigenvalue weighted by Gasteiger charge is 2.14. The van der Waals surface area contributed by atoms with E-state index >= 15 is 0 Å². The van der Waals surface area contributed by atoms with Gasteiger partial charge in [0.15, 0.2) is 9.84 Å². The summed E-state index contributed by atoms with van der Waals surface area (Å²) in [7, 11) is -3.36. The molecule has 0 amide bonds. The fraction of sp³-hybridized carbons (Fsp3) is 0.429. The Kier molecular flexibility index (Phi) is 5.96. The third-order valence-electron chi connectivity index (χ3n) is 2.96. The zero-order valence-electron chi connectivity index (χ0n) is 12.3. The molecule has 5 nitrogen and oxygen atoms in total. The lowest BCUT2D eigenvalue weighted by Crippen LogP contribution is -2.07. The van der Waals surface area contributed by atoms with Gasteiger partial charge in [0, 0.05) is 12.2 Å². The van der Waals surface area contributed by atoms with E-state index < -0.39 is 15.7 Å². The van der Waals surface area contributed by atoms with E-state index in [9.17, 15) is 12.8 Å². The van der Waals surface area contributed by atoms with Crippen molar-refractivity contribution in [2.24, 2.45) is 0 Å². The van der Waals surface area contributed by atoms with Gasteiger partial charge in [-0.05, 0) is 37.1 Å². The minimum atomic E-state index is -3.36. The lowest BCUT2D eigenvalue weighted by molar-refractivity contribution is 0.593. The molecule has 0 saturated heterocycles. The van der Waals surface area contributed by atoms with Crippen LogP contribution in [0.5, 0.6) is 0 Å². The maximum Gasteiger partial charge on any atom is 0.208 e. The number of hydrogen-bond acceptors (Lipinski definition) is 5. The Balaban J connectivity index is 1.81. The van der Waals surface area contributed by atoms with E-state index in [-0.39, 0.29) is 10.6 Å². The van der Waals surface area contributed by atoms with Crippen molar-refractivity contribution in [3.05, 3.63) is 35.9 Å². The first-order valence-corrected chi connectivity index (χ1v) is 9.67. The molecular formula is C14H18FN3O2S2. The largest absolute Gasteiger partial charge is 0.262 e. The first kappa shape index (κ1) is 17.0. The van der Waals surface area contributed by atoms with E-state index in [1.54, 1.807) is 0 Å². The van der Waals surface area contributed by atoms with Crippen molar-refractivity contribution in [3.8, 4) is 0 Å². The van der Waals surface area contributed by atoms with Gasteiger partial charge in [-0.3, -0.25) is 5.10 Å². The summed E-state index contributed by atoms with van der Waals surface area (Å²) in [6.07, 6.45) is 2.34. The summed E-state index contributed by atoms with van der Waals surface area (Å²) in [6, 6.07) is 4.91. The molecule has 22 heavy (non-hydrogen) atoms. The van der Waals surface area contributed by atoms with Crippen molar-refractivity contribution in [1.29, 1.82) is 0 Å². The fourth-order valence-electron chi connectivity index (χ4n) is 1.86. The minimum absolute atomic E-state index is 0.0257. The van der Waals surface area contributed by atoms with Gasteiger partial charge in [-0.15, -0.1) is 5.10 Å². The number of nitrogens with one attached hydrogen (secondary N) is 1. The van der Waals surface area contributed by atoms with E-state index in [0.717, 1.165) is 30.8 Å². The van der Waals surface area contributed by atoms with Crippen LogP contribution in [-0.4, -0.2) is 35.1 Å². The molecule has 2 rings (SSSR count). The van der Waals surface area contributed by atoms with E-state index in [1.165, 1.54) is 23.9 Å². The average molecular weight is 343 g/mol. The molecule has 0 unspecified atom stereocenters. The van der Waals surface area contributed by atoms with Gasteiger partial charge in [0.25, 0.3) is 0 Å². The van der Waals surface area contributed by atoms with E-state index in [0.29, 0.717) is 17.3 Å². The van der Waals surface area contributed by atoms with Crippen LogP contribution in [0, 0.1) is 5.82 Å². The monoisotopic (exact) mass is 343 g/mol. The number of benzene rings is 1. The zero-order valence-corrected chi connectivity index (χ0v) is 13.9. The normalized spacial score (nSPS) is 11.7. The second-order valence-corrected chi connectivity index (χ2v) is 7.96. The number of rotatable bonds is 8. The van der Waals surface area contributed by atoms with Crippen molar-refractivity contribution < 1.29 is 12.8 Å². The van der Waals surface area contributed by atoms with Gasteiger partial charge in [0.1, 0.15) is 11.6 Å². The summed E-state index contributed by atoms with van der Waals surface area (Å²) < 4.78 is 37.0. The summed E-state index contributed by atoms with van der Waals surface area (Å²) in [6.45, 7) is 2.07. The van der Waals surface area contributed by atoms with Gasteiger partial charge in [-0.2, -0.15) is 0 Å². The van der Waals surface area contributed by atoms with Crippen molar-refractivity contribution in [2.45, 2.75) is 36.2 Å². The molecule has 0 atom stereocenters. The molecular weight excluding hydrogens is 325 g/mol. The summed E-state index contributed by atoms with van der Waals surface area (Å²) in [5.74, 6) is 1.05. The molecule has 2 aromatic rings. The van der Waals surface area contributed by atoms with Crippen molar-refractivity contribution in [2.75, 3.05) is 11.5 Å². The number of aromatic nitrogens is 3. The average Bonchev–Trinajstić information content (AvgIpc) is 2.92. The van der Waals surface area contributed by atoms with Crippen LogP contribution in [0.15, 0.2) is 34.3 Å². The molecule has 1 aromatic heterocycles. The molecule has 0 saturated carbocycles. The van der Waals surface area contributed by atoms with E-state index in [1.807, 2.05) is 0 Å². The maximum atomic E-state index is 12.8. The molecule has 0 aliphatic heterocycles. The van der Waals surface area contributed by atoms with Crippen LogP contribution in [0.4, 0.5) is 4.39 Å². The van der Waals surface area contributed by atoms with Crippen LogP contribution >= 0.6 is 11.8 Å².